The second-order valence-corrected chi connectivity index (χ2v) is 4.22. The van der Waals surface area contributed by atoms with E-state index in [1.54, 1.807) is 25.3 Å². The lowest BCUT2D eigenvalue weighted by Gasteiger charge is -2.23. The fraction of sp³-hybridized carbons (Fsp3) is 0.385. The first-order valence-electron chi connectivity index (χ1n) is 5.63. The van der Waals surface area contributed by atoms with Gasteiger partial charge in [-0.15, -0.1) is 0 Å². The van der Waals surface area contributed by atoms with E-state index in [2.05, 4.69) is 0 Å². The molecule has 0 aliphatic carbocycles. The molecule has 0 heterocycles. The van der Waals surface area contributed by atoms with Crippen molar-refractivity contribution in [2.24, 2.45) is 5.73 Å². The largest absolute Gasteiger partial charge is 0.508 e. The molecule has 0 saturated heterocycles. The van der Waals surface area contributed by atoms with Gasteiger partial charge >= 0.3 is 0 Å². The van der Waals surface area contributed by atoms with Crippen LogP contribution in [0.3, 0.4) is 0 Å². The van der Waals surface area contributed by atoms with Gasteiger partial charge in [-0.2, -0.15) is 0 Å². The summed E-state index contributed by atoms with van der Waals surface area (Å²) in [5, 5.41) is 9.14. The Balaban J connectivity index is 2.64. The molecule has 1 amide bonds. The topological polar surface area (TPSA) is 83.6 Å². The molecule has 5 heteroatoms. The Bertz CT molecular complexity index is 417. The predicted molar refractivity (Wildman–Crippen MR) is 67.7 cm³/mol. The molecule has 0 unspecified atom stereocenters. The van der Waals surface area contributed by atoms with Crippen LogP contribution in [-0.2, 0) is 16.0 Å². The molecule has 0 fully saturated rings. The average Bonchev–Trinajstić information content (AvgIpc) is 2.38. The molecule has 1 radical (unpaired) electrons. The van der Waals surface area contributed by atoms with Crippen molar-refractivity contribution in [3.05, 3.63) is 29.8 Å². The zero-order valence-corrected chi connectivity index (χ0v) is 10.5. The number of hydrogen-bond donors (Lipinski definition) is 2. The van der Waals surface area contributed by atoms with Crippen LogP contribution in [0.1, 0.15) is 12.5 Å². The van der Waals surface area contributed by atoms with Gasteiger partial charge in [0.15, 0.2) is 0 Å². The monoisotopic (exact) mass is 249 g/mol. The fourth-order valence-corrected chi connectivity index (χ4v) is 1.50. The summed E-state index contributed by atoms with van der Waals surface area (Å²) in [6.45, 7) is 1.58. The van der Waals surface area contributed by atoms with E-state index in [4.69, 9.17) is 10.8 Å². The second kappa shape index (κ2) is 6.16. The van der Waals surface area contributed by atoms with Crippen LogP contribution in [-0.4, -0.2) is 41.3 Å². The molecule has 18 heavy (non-hydrogen) atoms. The molecule has 3 N–H and O–H groups in total. The molecular weight excluding hydrogens is 232 g/mol. The highest BCUT2D eigenvalue weighted by Gasteiger charge is 2.22. The first-order chi connectivity index (χ1) is 8.45. The number of carbonyl (C=O) groups excluding carboxylic acids is 2. The van der Waals surface area contributed by atoms with Gasteiger partial charge < -0.3 is 15.7 Å². The number of phenols is 1. The van der Waals surface area contributed by atoms with Gasteiger partial charge in [-0.05, 0) is 31.0 Å². The number of likely N-dealkylation sites (N-methyl/N-ethyl adjacent to an activating group) is 1. The molecule has 1 rings (SSSR count). The van der Waals surface area contributed by atoms with Crippen LogP contribution in [0.4, 0.5) is 0 Å². The highest BCUT2D eigenvalue weighted by molar-refractivity contribution is 5.84. The van der Waals surface area contributed by atoms with Gasteiger partial charge in [0.1, 0.15) is 5.75 Å². The summed E-state index contributed by atoms with van der Waals surface area (Å²) in [5.41, 5.74) is 6.65. The van der Waals surface area contributed by atoms with Gasteiger partial charge in [0, 0.05) is 7.05 Å². The van der Waals surface area contributed by atoms with Crippen molar-refractivity contribution in [2.75, 3.05) is 7.05 Å². The first kappa shape index (κ1) is 14.2. The van der Waals surface area contributed by atoms with Crippen molar-refractivity contribution >= 4 is 12.2 Å². The van der Waals surface area contributed by atoms with Crippen LogP contribution in [0.25, 0.3) is 0 Å². The molecule has 97 valence electrons. The van der Waals surface area contributed by atoms with E-state index < -0.39 is 12.1 Å². The van der Waals surface area contributed by atoms with Crippen LogP contribution in [0.5, 0.6) is 5.75 Å². The van der Waals surface area contributed by atoms with E-state index in [0.29, 0.717) is 6.42 Å². The number of nitrogens with zero attached hydrogens (tertiary/aromatic N) is 1. The lowest BCUT2D eigenvalue weighted by Crippen LogP contribution is -2.47. The van der Waals surface area contributed by atoms with E-state index in [9.17, 15) is 9.59 Å². The molecule has 5 nitrogen and oxygen atoms in total. The van der Waals surface area contributed by atoms with Crippen molar-refractivity contribution in [2.45, 2.75) is 25.4 Å². The SMILES string of the molecule is C[C@H]([C]=O)N(C)C(=O)[C@@H](N)Cc1ccc(O)cc1. The van der Waals surface area contributed by atoms with Crippen molar-refractivity contribution in [3.63, 3.8) is 0 Å². The summed E-state index contributed by atoms with van der Waals surface area (Å²) in [6.07, 6.45) is 2.09. The van der Waals surface area contributed by atoms with Crippen molar-refractivity contribution in [1.29, 1.82) is 0 Å². The number of phenolic OH excluding ortho intramolecular Hbond substituents is 1. The summed E-state index contributed by atoms with van der Waals surface area (Å²) >= 11 is 0. The minimum atomic E-state index is -0.713. The Morgan fingerprint density at radius 1 is 1.44 bits per heavy atom. The maximum Gasteiger partial charge on any atom is 0.240 e. The molecule has 0 bridgehead atoms. The molecule has 0 spiro atoms. The number of amides is 1. The zero-order valence-electron chi connectivity index (χ0n) is 10.5. The third kappa shape index (κ3) is 3.56. The van der Waals surface area contributed by atoms with Crippen LogP contribution in [0, 0.1) is 0 Å². The van der Waals surface area contributed by atoms with Gasteiger partial charge in [-0.3, -0.25) is 9.59 Å². The fourth-order valence-electron chi connectivity index (χ4n) is 1.50. The highest BCUT2D eigenvalue weighted by Crippen LogP contribution is 2.11. The molecular formula is C13H17N2O3. The number of benzene rings is 1. The van der Waals surface area contributed by atoms with Crippen LogP contribution in [0.2, 0.25) is 0 Å². The van der Waals surface area contributed by atoms with Crippen molar-refractivity contribution < 1.29 is 14.7 Å². The number of aromatic hydroxyl groups is 1. The van der Waals surface area contributed by atoms with E-state index in [-0.39, 0.29) is 11.7 Å². The molecule has 1 aromatic rings. The van der Waals surface area contributed by atoms with E-state index >= 15 is 0 Å². The molecule has 0 aliphatic rings. The normalized spacial score (nSPS) is 13.7. The van der Waals surface area contributed by atoms with Crippen LogP contribution < -0.4 is 5.73 Å². The van der Waals surface area contributed by atoms with Crippen molar-refractivity contribution in [3.8, 4) is 5.75 Å². The van der Waals surface area contributed by atoms with E-state index in [1.165, 1.54) is 24.1 Å². The minimum absolute atomic E-state index is 0.167. The Kier molecular flexibility index (Phi) is 4.85. The summed E-state index contributed by atoms with van der Waals surface area (Å²) in [7, 11) is 1.52. The van der Waals surface area contributed by atoms with Gasteiger partial charge in [0.2, 0.25) is 12.2 Å². The summed E-state index contributed by atoms with van der Waals surface area (Å²) in [6, 6.07) is 5.17. The number of carbonyl (C=O) groups is 1. The minimum Gasteiger partial charge on any atom is -0.508 e. The predicted octanol–water partition coefficient (Wildman–Crippen LogP) is 0.219. The molecule has 1 aromatic carbocycles. The lowest BCUT2D eigenvalue weighted by atomic mass is 10.1. The molecule has 2 atom stereocenters. The Labute approximate surface area is 106 Å². The standard InChI is InChI=1S/C13H17N2O3/c1-9(8-16)15(2)13(18)12(14)7-10-3-5-11(17)6-4-10/h3-6,9,12,17H,7,14H2,1-2H3/t9-,12+/m1/s1. The first-order valence-corrected chi connectivity index (χ1v) is 5.63. The lowest BCUT2D eigenvalue weighted by molar-refractivity contribution is -0.131. The average molecular weight is 249 g/mol. The van der Waals surface area contributed by atoms with Gasteiger partial charge in [-0.25, -0.2) is 0 Å². The van der Waals surface area contributed by atoms with Gasteiger partial charge in [-0.1, -0.05) is 12.1 Å². The summed E-state index contributed by atoms with van der Waals surface area (Å²) in [5.74, 6) is -0.140. The van der Waals surface area contributed by atoms with E-state index in [1.807, 2.05) is 0 Å². The van der Waals surface area contributed by atoms with Gasteiger partial charge in [0.05, 0.1) is 12.1 Å². The Morgan fingerprint density at radius 2 is 2.00 bits per heavy atom. The highest BCUT2D eigenvalue weighted by atomic mass is 16.3. The molecule has 0 saturated carbocycles. The number of hydrogen-bond acceptors (Lipinski definition) is 4. The molecule has 0 aromatic heterocycles. The second-order valence-electron chi connectivity index (χ2n) is 4.22. The third-order valence-corrected chi connectivity index (χ3v) is 2.81. The van der Waals surface area contributed by atoms with Gasteiger partial charge in [0.25, 0.3) is 0 Å². The summed E-state index contributed by atoms with van der Waals surface area (Å²) in [4.78, 5) is 23.6. The maximum absolute atomic E-state index is 11.9. The zero-order chi connectivity index (χ0) is 13.7. The number of nitrogens with two attached hydrogens (primary N) is 1. The quantitative estimate of drug-likeness (QED) is 0.782. The summed E-state index contributed by atoms with van der Waals surface area (Å²) < 4.78 is 0. The van der Waals surface area contributed by atoms with E-state index in [0.717, 1.165) is 5.56 Å². The third-order valence-electron chi connectivity index (χ3n) is 2.81. The smallest absolute Gasteiger partial charge is 0.240 e. The van der Waals surface area contributed by atoms with Crippen molar-refractivity contribution in [1.82, 2.24) is 4.90 Å². The Morgan fingerprint density at radius 3 is 2.50 bits per heavy atom. The Hall–Kier alpha value is -1.88. The maximum atomic E-state index is 11.9. The number of rotatable bonds is 5. The van der Waals surface area contributed by atoms with Crippen LogP contribution >= 0.6 is 0 Å². The molecule has 0 aliphatic heterocycles. The van der Waals surface area contributed by atoms with Crippen LogP contribution in [0.15, 0.2) is 24.3 Å².